The van der Waals surface area contributed by atoms with Crippen LogP contribution in [0.5, 0.6) is 5.75 Å². The third kappa shape index (κ3) is 3.74. The first-order valence-electron chi connectivity index (χ1n) is 9.68. The Bertz CT molecular complexity index is 1190. The van der Waals surface area contributed by atoms with Crippen LogP contribution in [-0.2, 0) is 5.41 Å². The maximum absolute atomic E-state index is 14.0. The lowest BCUT2D eigenvalue weighted by atomic mass is 9.82. The van der Waals surface area contributed by atoms with Gasteiger partial charge in [0, 0.05) is 33.6 Å². The summed E-state index contributed by atoms with van der Waals surface area (Å²) in [5.41, 5.74) is -4.37. The Morgan fingerprint density at radius 1 is 1.06 bits per heavy atom. The zero-order valence-corrected chi connectivity index (χ0v) is 16.3. The first-order valence-corrected chi connectivity index (χ1v) is 9.68. The predicted molar refractivity (Wildman–Crippen MR) is 108 cm³/mol. The number of aliphatic hydroxyl groups is 1. The second kappa shape index (κ2) is 7.26. The molecule has 1 aliphatic carbocycles. The van der Waals surface area contributed by atoms with Crippen molar-refractivity contribution in [3.63, 3.8) is 0 Å². The number of nitrogens with one attached hydrogen (secondary N) is 2. The highest BCUT2D eigenvalue weighted by Gasteiger charge is 2.61. The van der Waals surface area contributed by atoms with Gasteiger partial charge < -0.3 is 20.5 Å². The molecule has 0 bridgehead atoms. The van der Waals surface area contributed by atoms with Crippen molar-refractivity contribution in [3.8, 4) is 5.75 Å². The summed E-state index contributed by atoms with van der Waals surface area (Å²) in [7, 11) is 0. The van der Waals surface area contributed by atoms with E-state index in [2.05, 4.69) is 10.3 Å². The molecule has 9 heteroatoms. The molecule has 1 heterocycles. The van der Waals surface area contributed by atoms with E-state index in [9.17, 15) is 32.6 Å². The van der Waals surface area contributed by atoms with E-state index < -0.39 is 41.7 Å². The minimum absolute atomic E-state index is 0.0619. The van der Waals surface area contributed by atoms with E-state index in [0.717, 1.165) is 6.07 Å². The molecule has 1 saturated carbocycles. The Kier molecular flexibility index (Phi) is 4.96. The summed E-state index contributed by atoms with van der Waals surface area (Å²) in [6.07, 6.45) is -3.77. The minimum Gasteiger partial charge on any atom is -0.505 e. The molecule has 0 spiro atoms. The van der Waals surface area contributed by atoms with Crippen LogP contribution in [-0.4, -0.2) is 33.5 Å². The van der Waals surface area contributed by atoms with Crippen LogP contribution in [0, 0.1) is 5.82 Å². The van der Waals surface area contributed by atoms with Gasteiger partial charge in [0.15, 0.2) is 17.2 Å². The molecule has 1 unspecified atom stereocenters. The molecule has 5 nitrogen and oxygen atoms in total. The molecule has 4 rings (SSSR count). The van der Waals surface area contributed by atoms with Crippen molar-refractivity contribution < 1.29 is 27.8 Å². The van der Waals surface area contributed by atoms with Crippen molar-refractivity contribution in [1.29, 1.82) is 0 Å². The van der Waals surface area contributed by atoms with Gasteiger partial charge in [0.25, 0.3) is 5.56 Å². The number of fused-ring (bicyclic) bond motifs is 1. The van der Waals surface area contributed by atoms with E-state index >= 15 is 0 Å². The lowest BCUT2D eigenvalue weighted by molar-refractivity contribution is -0.259. The fraction of sp³-hybridized carbons (Fsp3) is 0.318. The summed E-state index contributed by atoms with van der Waals surface area (Å²) in [6, 6.07) is 9.87. The van der Waals surface area contributed by atoms with Crippen LogP contribution >= 0.6 is 0 Å². The molecule has 0 aliphatic heterocycles. The number of hydrogen-bond donors (Lipinski definition) is 4. The second-order valence-corrected chi connectivity index (χ2v) is 8.05. The molecule has 4 N–H and O–H groups in total. The summed E-state index contributed by atoms with van der Waals surface area (Å²) in [4.78, 5) is 14.4. The number of benzene rings is 2. The number of pyridine rings is 1. The smallest absolute Gasteiger partial charge is 0.418 e. The van der Waals surface area contributed by atoms with Crippen LogP contribution in [0.25, 0.3) is 10.8 Å². The number of H-pyrrole nitrogens is 1. The zero-order valence-electron chi connectivity index (χ0n) is 16.3. The lowest BCUT2D eigenvalue weighted by Gasteiger charge is -2.35. The van der Waals surface area contributed by atoms with Crippen molar-refractivity contribution in [3.05, 3.63) is 70.4 Å². The fourth-order valence-electron chi connectivity index (χ4n) is 4.08. The third-order valence-corrected chi connectivity index (χ3v) is 5.96. The zero-order chi connectivity index (χ0) is 22.4. The minimum atomic E-state index is -4.99. The largest absolute Gasteiger partial charge is 0.505 e. The van der Waals surface area contributed by atoms with E-state index in [-0.39, 0.29) is 29.7 Å². The maximum Gasteiger partial charge on any atom is 0.418 e. The Morgan fingerprint density at radius 2 is 1.77 bits per heavy atom. The number of para-hydroxylation sites is 1. The van der Waals surface area contributed by atoms with E-state index in [4.69, 9.17) is 0 Å². The summed E-state index contributed by atoms with van der Waals surface area (Å²) < 4.78 is 55.7. The van der Waals surface area contributed by atoms with Crippen LogP contribution in [0.1, 0.15) is 24.8 Å². The molecule has 1 aliphatic rings. The molecule has 31 heavy (non-hydrogen) atoms. The number of aromatic hydroxyl groups is 1. The van der Waals surface area contributed by atoms with Gasteiger partial charge in [-0.25, -0.2) is 4.39 Å². The van der Waals surface area contributed by atoms with Crippen LogP contribution in [0.15, 0.2) is 53.5 Å². The highest BCUT2D eigenvalue weighted by atomic mass is 19.4. The van der Waals surface area contributed by atoms with Gasteiger partial charge in [0.05, 0.1) is 6.54 Å². The molecule has 0 saturated heterocycles. The summed E-state index contributed by atoms with van der Waals surface area (Å²) in [5.74, 6) is -1.61. The monoisotopic (exact) mass is 436 g/mol. The molecule has 164 valence electrons. The topological polar surface area (TPSA) is 85.4 Å². The highest BCUT2D eigenvalue weighted by molar-refractivity contribution is 5.93. The van der Waals surface area contributed by atoms with Gasteiger partial charge in [0.1, 0.15) is 0 Å². The van der Waals surface area contributed by atoms with Crippen molar-refractivity contribution in [2.75, 3.05) is 11.9 Å². The molecule has 1 aromatic heterocycles. The Labute approximate surface area is 174 Å². The number of phenols is 1. The average molecular weight is 436 g/mol. The van der Waals surface area contributed by atoms with Crippen LogP contribution in [0.2, 0.25) is 0 Å². The first kappa shape index (κ1) is 21.2. The van der Waals surface area contributed by atoms with Gasteiger partial charge >= 0.3 is 6.18 Å². The molecular weight excluding hydrogens is 416 g/mol. The SMILES string of the molecule is O=c1[nH]ccc2c(NCC(O)(CC3(c4cccc(F)c4O)CC3)C(F)(F)F)cccc12. The highest BCUT2D eigenvalue weighted by Crippen LogP contribution is 2.57. The van der Waals surface area contributed by atoms with E-state index in [1.54, 1.807) is 12.1 Å². The molecular formula is C22H20F4N2O3. The van der Waals surface area contributed by atoms with Crippen molar-refractivity contribution in [2.45, 2.75) is 36.5 Å². The molecule has 1 atom stereocenters. The van der Waals surface area contributed by atoms with E-state index in [1.165, 1.54) is 30.5 Å². The van der Waals surface area contributed by atoms with Crippen LogP contribution in [0.4, 0.5) is 23.2 Å². The Hall–Kier alpha value is -3.07. The normalized spacial score (nSPS) is 17.3. The maximum atomic E-state index is 14.0. The number of alkyl halides is 3. The molecule has 0 amide bonds. The third-order valence-electron chi connectivity index (χ3n) is 5.96. The first-order chi connectivity index (χ1) is 14.6. The number of anilines is 1. The molecule has 0 radical (unpaired) electrons. The Morgan fingerprint density at radius 3 is 2.45 bits per heavy atom. The second-order valence-electron chi connectivity index (χ2n) is 8.05. The van der Waals surface area contributed by atoms with Crippen molar-refractivity contribution >= 4 is 16.5 Å². The number of rotatable bonds is 6. The summed E-state index contributed by atoms with van der Waals surface area (Å²) in [6.45, 7) is -0.875. The molecule has 1 fully saturated rings. The van der Waals surface area contributed by atoms with E-state index in [0.29, 0.717) is 10.8 Å². The van der Waals surface area contributed by atoms with Crippen molar-refractivity contribution in [2.24, 2.45) is 0 Å². The predicted octanol–water partition coefficient (Wildman–Crippen LogP) is 4.20. The lowest BCUT2D eigenvalue weighted by Crippen LogP contribution is -2.52. The molecule has 2 aromatic carbocycles. The van der Waals surface area contributed by atoms with Gasteiger partial charge in [-0.2, -0.15) is 13.2 Å². The van der Waals surface area contributed by atoms with Gasteiger partial charge in [-0.05, 0) is 43.5 Å². The van der Waals surface area contributed by atoms with Gasteiger partial charge in [-0.1, -0.05) is 18.2 Å². The van der Waals surface area contributed by atoms with Gasteiger partial charge in [0.2, 0.25) is 0 Å². The van der Waals surface area contributed by atoms with Crippen LogP contribution in [0.3, 0.4) is 0 Å². The number of aromatic amines is 1. The number of halogens is 4. The number of hydrogen-bond acceptors (Lipinski definition) is 4. The van der Waals surface area contributed by atoms with Gasteiger partial charge in [-0.15, -0.1) is 0 Å². The quantitative estimate of drug-likeness (QED) is 0.437. The molecule has 3 aromatic rings. The summed E-state index contributed by atoms with van der Waals surface area (Å²) in [5, 5.41) is 24.1. The summed E-state index contributed by atoms with van der Waals surface area (Å²) >= 11 is 0. The van der Waals surface area contributed by atoms with Crippen LogP contribution < -0.4 is 10.9 Å². The van der Waals surface area contributed by atoms with E-state index in [1.807, 2.05) is 0 Å². The fourth-order valence-corrected chi connectivity index (χ4v) is 4.08. The average Bonchev–Trinajstić information content (AvgIpc) is 3.48. The van der Waals surface area contributed by atoms with Gasteiger partial charge in [-0.3, -0.25) is 4.79 Å². The number of phenolic OH excluding ortho intramolecular Hbond substituents is 1. The standard InChI is InChI=1S/C22H20F4N2O3/c23-16-5-2-4-15(18(16)29)20(8-9-20)11-21(31,22(24,25)26)12-28-17-6-1-3-14-13(17)7-10-27-19(14)30/h1-7,10,28-29,31H,8-9,11-12H2,(H,27,30). The van der Waals surface area contributed by atoms with Crippen molar-refractivity contribution in [1.82, 2.24) is 4.98 Å². The Balaban J connectivity index is 1.65. The number of aromatic nitrogens is 1.